The zero-order chi connectivity index (χ0) is 9.68. The molecule has 72 valence electrons. The molecule has 0 saturated heterocycles. The van der Waals surface area contributed by atoms with Gasteiger partial charge >= 0.3 is 0 Å². The highest BCUT2D eigenvalue weighted by Crippen LogP contribution is 2.18. The van der Waals surface area contributed by atoms with Crippen LogP contribution in [0.25, 0.3) is 0 Å². The molecule has 0 atom stereocenters. The van der Waals surface area contributed by atoms with Crippen LogP contribution in [0.2, 0.25) is 0 Å². The Morgan fingerprint density at radius 2 is 2.23 bits per heavy atom. The van der Waals surface area contributed by atoms with E-state index in [1.54, 1.807) is 7.11 Å². The average molecular weight is 181 g/mol. The van der Waals surface area contributed by atoms with Gasteiger partial charge in [0.1, 0.15) is 5.75 Å². The molecule has 0 bridgehead atoms. The van der Waals surface area contributed by atoms with Crippen molar-refractivity contribution in [3.63, 3.8) is 0 Å². The van der Waals surface area contributed by atoms with Gasteiger partial charge in [0.2, 0.25) is 0 Å². The maximum Gasteiger partial charge on any atom is 0.123 e. The summed E-state index contributed by atoms with van der Waals surface area (Å²) in [6.07, 6.45) is 0. The number of methoxy groups -OCH3 is 1. The van der Waals surface area contributed by atoms with E-state index in [-0.39, 0.29) is 6.73 Å². The van der Waals surface area contributed by atoms with Gasteiger partial charge in [-0.3, -0.25) is 5.32 Å². The quantitative estimate of drug-likeness (QED) is 0.682. The van der Waals surface area contributed by atoms with Crippen LogP contribution in [0.1, 0.15) is 11.1 Å². The van der Waals surface area contributed by atoms with Gasteiger partial charge in [0, 0.05) is 12.1 Å². The van der Waals surface area contributed by atoms with E-state index in [4.69, 9.17) is 9.84 Å². The molecule has 0 aliphatic rings. The summed E-state index contributed by atoms with van der Waals surface area (Å²) in [6.45, 7) is 2.64. The Morgan fingerprint density at radius 3 is 2.85 bits per heavy atom. The van der Waals surface area contributed by atoms with E-state index < -0.39 is 0 Å². The van der Waals surface area contributed by atoms with Crippen LogP contribution in [0.5, 0.6) is 5.75 Å². The minimum Gasteiger partial charge on any atom is -0.496 e. The van der Waals surface area contributed by atoms with E-state index >= 15 is 0 Å². The summed E-state index contributed by atoms with van der Waals surface area (Å²) in [5.74, 6) is 0.853. The molecule has 13 heavy (non-hydrogen) atoms. The second kappa shape index (κ2) is 4.84. The van der Waals surface area contributed by atoms with Gasteiger partial charge in [-0.25, -0.2) is 0 Å². The number of hydrogen-bond acceptors (Lipinski definition) is 3. The van der Waals surface area contributed by atoms with Crippen molar-refractivity contribution in [1.82, 2.24) is 5.32 Å². The van der Waals surface area contributed by atoms with Gasteiger partial charge in [0.15, 0.2) is 0 Å². The topological polar surface area (TPSA) is 41.5 Å². The Hall–Kier alpha value is -1.06. The van der Waals surface area contributed by atoms with Gasteiger partial charge in [-0.2, -0.15) is 0 Å². The highest BCUT2D eigenvalue weighted by molar-refractivity contribution is 5.36. The van der Waals surface area contributed by atoms with E-state index in [1.807, 2.05) is 25.1 Å². The molecule has 0 unspecified atom stereocenters. The van der Waals surface area contributed by atoms with Gasteiger partial charge in [-0.05, 0) is 13.0 Å². The summed E-state index contributed by atoms with van der Waals surface area (Å²) in [4.78, 5) is 0. The molecular formula is C10H15NO2. The van der Waals surface area contributed by atoms with Crippen LogP contribution in [0.15, 0.2) is 18.2 Å². The van der Waals surface area contributed by atoms with Gasteiger partial charge in [-0.1, -0.05) is 17.7 Å². The van der Waals surface area contributed by atoms with Crippen molar-refractivity contribution in [2.75, 3.05) is 13.8 Å². The van der Waals surface area contributed by atoms with Gasteiger partial charge in [0.05, 0.1) is 13.8 Å². The molecule has 3 nitrogen and oxygen atoms in total. The average Bonchev–Trinajstić information content (AvgIpc) is 2.15. The van der Waals surface area contributed by atoms with Crippen LogP contribution in [0, 0.1) is 6.92 Å². The van der Waals surface area contributed by atoms with Gasteiger partial charge in [0.25, 0.3) is 0 Å². The minimum absolute atomic E-state index is 0.0168. The number of hydrogen-bond donors (Lipinski definition) is 2. The maximum absolute atomic E-state index is 8.61. The van der Waals surface area contributed by atoms with E-state index in [0.29, 0.717) is 6.54 Å². The predicted octanol–water partition coefficient (Wildman–Crippen LogP) is 1.04. The fourth-order valence-corrected chi connectivity index (χ4v) is 1.24. The Bertz CT molecular complexity index is 274. The molecule has 0 radical (unpaired) electrons. The van der Waals surface area contributed by atoms with Crippen molar-refractivity contribution in [3.05, 3.63) is 29.3 Å². The van der Waals surface area contributed by atoms with Crippen molar-refractivity contribution in [1.29, 1.82) is 0 Å². The lowest BCUT2D eigenvalue weighted by Crippen LogP contribution is -2.14. The van der Waals surface area contributed by atoms with Crippen LogP contribution in [-0.4, -0.2) is 18.9 Å². The number of aryl methyl sites for hydroxylation is 1. The monoisotopic (exact) mass is 181 g/mol. The maximum atomic E-state index is 8.61. The third-order valence-corrected chi connectivity index (χ3v) is 1.86. The first kappa shape index (κ1) is 10.0. The Labute approximate surface area is 78.3 Å². The van der Waals surface area contributed by atoms with Crippen LogP contribution < -0.4 is 10.1 Å². The number of ether oxygens (including phenoxy) is 1. The van der Waals surface area contributed by atoms with E-state index in [9.17, 15) is 0 Å². The zero-order valence-corrected chi connectivity index (χ0v) is 8.00. The fraction of sp³-hybridized carbons (Fsp3) is 0.400. The van der Waals surface area contributed by atoms with Crippen LogP contribution in [-0.2, 0) is 6.54 Å². The molecule has 0 spiro atoms. The highest BCUT2D eigenvalue weighted by Gasteiger charge is 2.01. The first-order chi connectivity index (χ1) is 6.27. The largest absolute Gasteiger partial charge is 0.496 e. The minimum atomic E-state index is -0.0168. The van der Waals surface area contributed by atoms with Crippen molar-refractivity contribution < 1.29 is 9.84 Å². The van der Waals surface area contributed by atoms with E-state index in [0.717, 1.165) is 11.3 Å². The van der Waals surface area contributed by atoms with Crippen molar-refractivity contribution in [3.8, 4) is 5.75 Å². The molecule has 0 amide bonds. The number of rotatable bonds is 4. The molecule has 0 aromatic heterocycles. The zero-order valence-electron chi connectivity index (χ0n) is 8.00. The Balaban J connectivity index is 2.81. The van der Waals surface area contributed by atoms with Crippen molar-refractivity contribution in [2.24, 2.45) is 0 Å². The number of benzene rings is 1. The predicted molar refractivity (Wildman–Crippen MR) is 51.7 cm³/mol. The third-order valence-electron chi connectivity index (χ3n) is 1.86. The SMILES string of the molecule is COc1ccc(C)cc1CNCO. The second-order valence-electron chi connectivity index (χ2n) is 2.90. The number of aliphatic hydroxyl groups is 1. The molecule has 1 aromatic rings. The third kappa shape index (κ3) is 2.72. The smallest absolute Gasteiger partial charge is 0.123 e. The second-order valence-corrected chi connectivity index (χ2v) is 2.90. The highest BCUT2D eigenvalue weighted by atomic mass is 16.5. The summed E-state index contributed by atoms with van der Waals surface area (Å²) in [6, 6.07) is 5.98. The Kier molecular flexibility index (Phi) is 3.73. The van der Waals surface area contributed by atoms with Crippen LogP contribution in [0.4, 0.5) is 0 Å². The lowest BCUT2D eigenvalue weighted by atomic mass is 10.1. The molecule has 0 heterocycles. The Morgan fingerprint density at radius 1 is 1.46 bits per heavy atom. The van der Waals surface area contributed by atoms with E-state index in [2.05, 4.69) is 5.32 Å². The van der Waals surface area contributed by atoms with Gasteiger partial charge in [-0.15, -0.1) is 0 Å². The number of nitrogens with one attached hydrogen (secondary N) is 1. The van der Waals surface area contributed by atoms with E-state index in [1.165, 1.54) is 5.56 Å². The van der Waals surface area contributed by atoms with Gasteiger partial charge < -0.3 is 9.84 Å². The molecule has 3 heteroatoms. The molecule has 2 N–H and O–H groups in total. The standard InChI is InChI=1S/C10H15NO2/c1-8-3-4-10(13-2)9(5-8)6-11-7-12/h3-5,11-12H,6-7H2,1-2H3. The molecule has 0 fully saturated rings. The summed E-state index contributed by atoms with van der Waals surface area (Å²) in [5.41, 5.74) is 2.26. The molecule has 1 rings (SSSR count). The molecule has 0 saturated carbocycles. The normalized spacial score (nSPS) is 10.1. The lowest BCUT2D eigenvalue weighted by Gasteiger charge is -2.09. The molecule has 1 aromatic carbocycles. The molecular weight excluding hydrogens is 166 g/mol. The molecule has 0 aliphatic heterocycles. The lowest BCUT2D eigenvalue weighted by molar-refractivity contribution is 0.258. The summed E-state index contributed by atoms with van der Waals surface area (Å²) >= 11 is 0. The first-order valence-corrected chi connectivity index (χ1v) is 4.23. The first-order valence-electron chi connectivity index (χ1n) is 4.23. The number of aliphatic hydroxyl groups excluding tert-OH is 1. The van der Waals surface area contributed by atoms with Crippen molar-refractivity contribution >= 4 is 0 Å². The van der Waals surface area contributed by atoms with Crippen LogP contribution in [0.3, 0.4) is 0 Å². The summed E-state index contributed by atoms with van der Waals surface area (Å²) < 4.78 is 5.18. The van der Waals surface area contributed by atoms with Crippen molar-refractivity contribution in [2.45, 2.75) is 13.5 Å². The summed E-state index contributed by atoms with van der Waals surface area (Å²) in [7, 11) is 1.65. The fourth-order valence-electron chi connectivity index (χ4n) is 1.24. The summed E-state index contributed by atoms with van der Waals surface area (Å²) in [5, 5.41) is 11.5. The van der Waals surface area contributed by atoms with Crippen LogP contribution >= 0.6 is 0 Å². The molecule has 0 aliphatic carbocycles.